The van der Waals surface area contributed by atoms with Crippen LogP contribution in [0.1, 0.15) is 50.2 Å². The highest BCUT2D eigenvalue weighted by molar-refractivity contribution is 9.10. The average molecular weight is 556 g/mol. The van der Waals surface area contributed by atoms with Gasteiger partial charge in [0.15, 0.2) is 6.61 Å². The number of carbonyl (C=O) groups is 2. The maximum Gasteiger partial charge on any atom is 0.261 e. The topological polar surface area (TPSA) is 58.6 Å². The van der Waals surface area contributed by atoms with Crippen LogP contribution in [-0.2, 0) is 16.1 Å². The SMILES string of the molecule is CC[C@@H](C(=O)NC1CCCC1)N(Cc1ccc(Cl)c(Cl)c1)C(=O)COc1ccc(Br)c(C)c1. The number of nitrogens with zero attached hydrogens (tertiary/aromatic N) is 1. The number of ether oxygens (including phenoxy) is 1. The molecule has 2 aromatic carbocycles. The van der Waals surface area contributed by atoms with Crippen molar-refractivity contribution in [1.29, 1.82) is 0 Å². The summed E-state index contributed by atoms with van der Waals surface area (Å²) in [5, 5.41) is 3.98. The van der Waals surface area contributed by atoms with E-state index in [1.165, 1.54) is 0 Å². The van der Waals surface area contributed by atoms with E-state index in [9.17, 15) is 9.59 Å². The Morgan fingerprint density at radius 3 is 2.52 bits per heavy atom. The Kier molecular flexibility index (Phi) is 9.47. The van der Waals surface area contributed by atoms with Gasteiger partial charge in [-0.25, -0.2) is 0 Å². The summed E-state index contributed by atoms with van der Waals surface area (Å²) >= 11 is 15.7. The predicted octanol–water partition coefficient (Wildman–Crippen LogP) is 6.31. The minimum atomic E-state index is -0.609. The van der Waals surface area contributed by atoms with E-state index in [1.54, 1.807) is 23.1 Å². The molecule has 1 N–H and O–H groups in total. The molecule has 0 saturated heterocycles. The zero-order valence-electron chi connectivity index (χ0n) is 18.9. The standard InChI is InChI=1S/C25H29BrCl2N2O3/c1-3-23(25(32)29-18-6-4-5-7-18)30(14-17-8-11-21(27)22(28)13-17)24(31)15-33-19-9-10-20(26)16(2)12-19/h8-13,18,23H,3-7,14-15H2,1-2H3,(H,29,32)/t23-/m0/s1. The minimum absolute atomic E-state index is 0.128. The Hall–Kier alpha value is -1.76. The number of nitrogens with one attached hydrogen (secondary N) is 1. The molecule has 1 saturated carbocycles. The second-order valence-electron chi connectivity index (χ2n) is 8.38. The van der Waals surface area contributed by atoms with Crippen LogP contribution in [-0.4, -0.2) is 35.4 Å². The third kappa shape index (κ3) is 7.11. The van der Waals surface area contributed by atoms with Gasteiger partial charge < -0.3 is 15.0 Å². The molecule has 3 rings (SSSR count). The molecule has 0 bridgehead atoms. The molecule has 1 fully saturated rings. The summed E-state index contributed by atoms with van der Waals surface area (Å²) < 4.78 is 6.75. The molecule has 5 nitrogen and oxygen atoms in total. The van der Waals surface area contributed by atoms with Gasteiger partial charge in [-0.1, -0.05) is 65.0 Å². The first kappa shape index (κ1) is 25.9. The van der Waals surface area contributed by atoms with Crippen molar-refractivity contribution in [1.82, 2.24) is 10.2 Å². The molecule has 1 aliphatic carbocycles. The van der Waals surface area contributed by atoms with Crippen LogP contribution in [0.15, 0.2) is 40.9 Å². The van der Waals surface area contributed by atoms with Crippen LogP contribution in [0.4, 0.5) is 0 Å². The number of hydrogen-bond donors (Lipinski definition) is 1. The minimum Gasteiger partial charge on any atom is -0.484 e. The Labute approximate surface area is 213 Å². The molecule has 178 valence electrons. The lowest BCUT2D eigenvalue weighted by Gasteiger charge is -2.31. The summed E-state index contributed by atoms with van der Waals surface area (Å²) in [5.74, 6) is 0.203. The van der Waals surface area contributed by atoms with E-state index >= 15 is 0 Å². The van der Waals surface area contributed by atoms with Crippen molar-refractivity contribution in [3.05, 3.63) is 62.0 Å². The van der Waals surface area contributed by atoms with E-state index in [2.05, 4.69) is 21.2 Å². The maximum atomic E-state index is 13.3. The van der Waals surface area contributed by atoms with Crippen LogP contribution in [0.25, 0.3) is 0 Å². The predicted molar refractivity (Wildman–Crippen MR) is 136 cm³/mol. The zero-order valence-corrected chi connectivity index (χ0v) is 22.0. The summed E-state index contributed by atoms with van der Waals surface area (Å²) in [6.45, 7) is 3.92. The molecule has 0 aromatic heterocycles. The molecule has 1 aliphatic rings. The van der Waals surface area contributed by atoms with Crippen molar-refractivity contribution in [2.75, 3.05) is 6.61 Å². The third-order valence-electron chi connectivity index (χ3n) is 5.92. The van der Waals surface area contributed by atoms with Gasteiger partial charge in [0.1, 0.15) is 11.8 Å². The summed E-state index contributed by atoms with van der Waals surface area (Å²) in [5.41, 5.74) is 1.80. The van der Waals surface area contributed by atoms with E-state index in [1.807, 2.05) is 32.0 Å². The number of hydrogen-bond acceptors (Lipinski definition) is 3. The highest BCUT2D eigenvalue weighted by atomic mass is 79.9. The monoisotopic (exact) mass is 554 g/mol. The van der Waals surface area contributed by atoms with Gasteiger partial charge in [-0.15, -0.1) is 0 Å². The first-order valence-electron chi connectivity index (χ1n) is 11.2. The summed E-state index contributed by atoms with van der Waals surface area (Å²) in [7, 11) is 0. The number of amides is 2. The molecule has 2 aromatic rings. The Morgan fingerprint density at radius 2 is 1.88 bits per heavy atom. The van der Waals surface area contributed by atoms with Crippen LogP contribution < -0.4 is 10.1 Å². The number of halogens is 3. The van der Waals surface area contributed by atoms with Gasteiger partial charge in [-0.3, -0.25) is 9.59 Å². The van der Waals surface area contributed by atoms with Crippen molar-refractivity contribution < 1.29 is 14.3 Å². The molecule has 0 radical (unpaired) electrons. The molecular formula is C25H29BrCl2N2O3. The molecule has 0 aliphatic heterocycles. The quantitative estimate of drug-likeness (QED) is 0.394. The second-order valence-corrected chi connectivity index (χ2v) is 10.1. The average Bonchev–Trinajstić information content (AvgIpc) is 3.29. The number of rotatable bonds is 9. The molecule has 1 atom stereocenters. The lowest BCUT2D eigenvalue weighted by Crippen LogP contribution is -2.52. The molecule has 8 heteroatoms. The van der Waals surface area contributed by atoms with Gasteiger partial charge in [-0.05, 0) is 67.6 Å². The van der Waals surface area contributed by atoms with Gasteiger partial charge in [0.2, 0.25) is 5.91 Å². The maximum absolute atomic E-state index is 13.3. The zero-order chi connectivity index (χ0) is 24.0. The van der Waals surface area contributed by atoms with Gasteiger partial charge in [-0.2, -0.15) is 0 Å². The second kappa shape index (κ2) is 12.1. The fraction of sp³-hybridized carbons (Fsp3) is 0.440. The number of carbonyl (C=O) groups excluding carboxylic acids is 2. The molecule has 2 amide bonds. The summed E-state index contributed by atoms with van der Waals surface area (Å²) in [4.78, 5) is 28.0. The highest BCUT2D eigenvalue weighted by Gasteiger charge is 2.31. The van der Waals surface area contributed by atoms with Crippen LogP contribution in [0.5, 0.6) is 5.75 Å². The van der Waals surface area contributed by atoms with Crippen LogP contribution in [0.3, 0.4) is 0 Å². The smallest absolute Gasteiger partial charge is 0.261 e. The van der Waals surface area contributed by atoms with Crippen molar-refractivity contribution in [3.63, 3.8) is 0 Å². The Bertz CT molecular complexity index is 996. The fourth-order valence-electron chi connectivity index (χ4n) is 4.06. The van der Waals surface area contributed by atoms with E-state index in [0.717, 1.165) is 41.3 Å². The highest BCUT2D eigenvalue weighted by Crippen LogP contribution is 2.25. The Balaban J connectivity index is 1.78. The van der Waals surface area contributed by atoms with Gasteiger partial charge in [0, 0.05) is 17.1 Å². The van der Waals surface area contributed by atoms with Crippen molar-refractivity contribution in [3.8, 4) is 5.75 Å². The van der Waals surface area contributed by atoms with E-state index < -0.39 is 6.04 Å². The lowest BCUT2D eigenvalue weighted by molar-refractivity contribution is -0.143. The van der Waals surface area contributed by atoms with E-state index in [0.29, 0.717) is 22.2 Å². The van der Waals surface area contributed by atoms with Crippen molar-refractivity contribution >= 4 is 50.9 Å². The normalized spacial score (nSPS) is 14.7. The molecule has 0 spiro atoms. The molecule has 0 heterocycles. The first-order valence-corrected chi connectivity index (χ1v) is 12.8. The summed E-state index contributed by atoms with van der Waals surface area (Å²) in [6, 6.07) is 10.4. The summed E-state index contributed by atoms with van der Waals surface area (Å²) in [6.07, 6.45) is 4.69. The van der Waals surface area contributed by atoms with Crippen LogP contribution >= 0.6 is 39.1 Å². The van der Waals surface area contributed by atoms with E-state index in [4.69, 9.17) is 27.9 Å². The molecule has 0 unspecified atom stereocenters. The van der Waals surface area contributed by atoms with Gasteiger partial charge in [0.25, 0.3) is 5.91 Å². The number of aryl methyl sites for hydroxylation is 1. The van der Waals surface area contributed by atoms with Gasteiger partial charge in [0.05, 0.1) is 10.0 Å². The fourth-order valence-corrected chi connectivity index (χ4v) is 4.62. The van der Waals surface area contributed by atoms with Crippen molar-refractivity contribution in [2.24, 2.45) is 0 Å². The molecule has 33 heavy (non-hydrogen) atoms. The van der Waals surface area contributed by atoms with E-state index in [-0.39, 0.29) is 31.0 Å². The number of benzene rings is 2. The molecular weight excluding hydrogens is 527 g/mol. The third-order valence-corrected chi connectivity index (χ3v) is 7.54. The Morgan fingerprint density at radius 1 is 1.15 bits per heavy atom. The largest absolute Gasteiger partial charge is 0.484 e. The van der Waals surface area contributed by atoms with Crippen LogP contribution in [0.2, 0.25) is 10.0 Å². The van der Waals surface area contributed by atoms with Crippen molar-refractivity contribution in [2.45, 2.75) is 64.6 Å². The first-order chi connectivity index (χ1) is 15.8. The van der Waals surface area contributed by atoms with Gasteiger partial charge >= 0.3 is 0 Å². The van der Waals surface area contributed by atoms with Crippen LogP contribution in [0, 0.1) is 6.92 Å². The lowest BCUT2D eigenvalue weighted by atomic mass is 10.1.